The molecule has 0 aliphatic carbocycles. The van der Waals surface area contributed by atoms with E-state index in [1.54, 1.807) is 6.07 Å². The van der Waals surface area contributed by atoms with Gasteiger partial charge >= 0.3 is 0 Å². The van der Waals surface area contributed by atoms with Crippen LogP contribution in [0.15, 0.2) is 60.0 Å². The van der Waals surface area contributed by atoms with Gasteiger partial charge in [0.2, 0.25) is 0 Å². The van der Waals surface area contributed by atoms with Crippen molar-refractivity contribution in [2.24, 2.45) is 0 Å². The fourth-order valence-electron chi connectivity index (χ4n) is 4.45. The number of benzene rings is 2. The molecule has 1 N–H and O–H groups in total. The average molecular weight is 435 g/mol. The zero-order valence-electron chi connectivity index (χ0n) is 17.4. The first kappa shape index (κ1) is 20.0. The van der Waals surface area contributed by atoms with Gasteiger partial charge in [-0.15, -0.1) is 0 Å². The molecule has 3 heterocycles. The maximum Gasteiger partial charge on any atom is 0.187 e. The van der Waals surface area contributed by atoms with Gasteiger partial charge in [0.15, 0.2) is 16.7 Å². The Morgan fingerprint density at radius 3 is 2.77 bits per heavy atom. The van der Waals surface area contributed by atoms with Crippen molar-refractivity contribution < 1.29 is 9.13 Å². The third kappa shape index (κ3) is 3.68. The summed E-state index contributed by atoms with van der Waals surface area (Å²) >= 11 is 1.53. The number of hydrogen-bond donors (Lipinski definition) is 1. The molecule has 31 heavy (non-hydrogen) atoms. The maximum atomic E-state index is 14.2. The van der Waals surface area contributed by atoms with Crippen molar-refractivity contribution in [2.45, 2.75) is 24.2 Å². The van der Waals surface area contributed by atoms with E-state index in [2.05, 4.69) is 38.1 Å². The largest absolute Gasteiger partial charge is 0.494 e. The monoisotopic (exact) mass is 434 g/mol. The zero-order valence-corrected chi connectivity index (χ0v) is 18.2. The van der Waals surface area contributed by atoms with Gasteiger partial charge in [-0.3, -0.25) is 4.90 Å². The predicted molar refractivity (Wildman–Crippen MR) is 121 cm³/mol. The second-order valence-electron chi connectivity index (χ2n) is 7.66. The molecule has 0 radical (unpaired) electrons. The fourth-order valence-corrected chi connectivity index (χ4v) is 4.77. The minimum absolute atomic E-state index is 0.0501. The van der Waals surface area contributed by atoms with Gasteiger partial charge in [-0.05, 0) is 42.0 Å². The summed E-state index contributed by atoms with van der Waals surface area (Å²) in [6.07, 6.45) is 6.69. The summed E-state index contributed by atoms with van der Waals surface area (Å²) in [4.78, 5) is 14.9. The summed E-state index contributed by atoms with van der Waals surface area (Å²) in [5.74, 6) is -0.0973. The standard InChI is InChI=1S/C24H23FN4OS/c1-30-21-11-16(7-8-19(21)25)23-22-18(17-5-3-4-6-20(17)28-22)9-10-29(23)14-15-12-26-24(31-2)27-13-15/h3-8,11-13,23,28H,9-10,14H2,1-2H3/t23-/m1/s1. The van der Waals surface area contributed by atoms with Gasteiger partial charge in [-0.25, -0.2) is 14.4 Å². The predicted octanol–water partition coefficient (Wildman–Crippen LogP) is 4.98. The quantitative estimate of drug-likeness (QED) is 0.355. The lowest BCUT2D eigenvalue weighted by Crippen LogP contribution is -2.35. The number of nitrogens with one attached hydrogen (secondary N) is 1. The molecule has 0 bridgehead atoms. The number of aromatic amines is 1. The molecular weight excluding hydrogens is 411 g/mol. The third-order valence-corrected chi connectivity index (χ3v) is 6.45. The van der Waals surface area contributed by atoms with Crippen molar-refractivity contribution in [1.82, 2.24) is 19.9 Å². The summed E-state index contributed by atoms with van der Waals surface area (Å²) in [5, 5.41) is 2.02. The number of nitrogens with zero attached hydrogens (tertiary/aromatic N) is 3. The molecule has 7 heteroatoms. The SMILES string of the molecule is COc1cc([C@@H]2c3[nH]c4ccccc4c3CCN2Cc2cnc(SC)nc2)ccc1F. The molecule has 5 rings (SSSR count). The van der Waals surface area contributed by atoms with E-state index >= 15 is 0 Å². The molecule has 0 saturated heterocycles. The minimum atomic E-state index is -0.355. The third-order valence-electron chi connectivity index (χ3n) is 5.88. The molecule has 0 spiro atoms. The molecule has 1 aliphatic rings. The molecule has 0 saturated carbocycles. The van der Waals surface area contributed by atoms with Gasteiger partial charge in [-0.2, -0.15) is 0 Å². The van der Waals surface area contributed by atoms with E-state index in [4.69, 9.17) is 4.74 Å². The first-order chi connectivity index (χ1) is 15.2. The van der Waals surface area contributed by atoms with Crippen LogP contribution in [-0.2, 0) is 13.0 Å². The molecule has 0 unspecified atom stereocenters. The number of rotatable bonds is 5. The highest BCUT2D eigenvalue weighted by atomic mass is 32.2. The van der Waals surface area contributed by atoms with E-state index in [-0.39, 0.29) is 17.6 Å². The molecule has 0 amide bonds. The van der Waals surface area contributed by atoms with Crippen LogP contribution >= 0.6 is 11.8 Å². The van der Waals surface area contributed by atoms with Gasteiger partial charge in [0.1, 0.15) is 0 Å². The highest BCUT2D eigenvalue weighted by Crippen LogP contribution is 2.40. The van der Waals surface area contributed by atoms with Crippen LogP contribution in [0.3, 0.4) is 0 Å². The van der Waals surface area contributed by atoms with Crippen molar-refractivity contribution in [3.63, 3.8) is 0 Å². The Bertz CT molecular complexity index is 1220. The molecule has 158 valence electrons. The highest BCUT2D eigenvalue weighted by Gasteiger charge is 2.32. The molecule has 1 aliphatic heterocycles. The number of fused-ring (bicyclic) bond motifs is 3. The summed E-state index contributed by atoms with van der Waals surface area (Å²) in [7, 11) is 1.50. The number of thioether (sulfide) groups is 1. The lowest BCUT2D eigenvalue weighted by Gasteiger charge is -2.36. The van der Waals surface area contributed by atoms with Crippen LogP contribution in [0.4, 0.5) is 4.39 Å². The number of methoxy groups -OCH3 is 1. The van der Waals surface area contributed by atoms with Gasteiger partial charge < -0.3 is 9.72 Å². The summed E-state index contributed by atoms with van der Waals surface area (Å²) in [5.41, 5.74) is 5.65. The molecule has 2 aromatic heterocycles. The summed E-state index contributed by atoms with van der Waals surface area (Å²) in [6, 6.07) is 13.5. The van der Waals surface area contributed by atoms with Crippen LogP contribution in [0.2, 0.25) is 0 Å². The number of halogens is 1. The first-order valence-electron chi connectivity index (χ1n) is 10.2. The Labute approximate surface area is 184 Å². The van der Waals surface area contributed by atoms with E-state index in [1.807, 2.05) is 30.8 Å². The van der Waals surface area contributed by atoms with Gasteiger partial charge in [0.25, 0.3) is 0 Å². The lowest BCUT2D eigenvalue weighted by molar-refractivity contribution is 0.201. The second kappa shape index (κ2) is 8.32. The number of ether oxygens (including phenoxy) is 1. The molecule has 1 atom stereocenters. The molecule has 5 nitrogen and oxygen atoms in total. The van der Waals surface area contributed by atoms with E-state index < -0.39 is 0 Å². The van der Waals surface area contributed by atoms with Gasteiger partial charge in [0.05, 0.1) is 13.2 Å². The van der Waals surface area contributed by atoms with E-state index in [0.717, 1.165) is 40.5 Å². The van der Waals surface area contributed by atoms with Gasteiger partial charge in [0, 0.05) is 47.6 Å². The Balaban J connectivity index is 1.60. The molecule has 4 aromatic rings. The van der Waals surface area contributed by atoms with Crippen molar-refractivity contribution in [2.75, 3.05) is 19.9 Å². The number of H-pyrrole nitrogens is 1. The van der Waals surface area contributed by atoms with E-state index in [0.29, 0.717) is 6.54 Å². The van der Waals surface area contributed by atoms with Crippen LogP contribution in [0.1, 0.15) is 28.4 Å². The second-order valence-corrected chi connectivity index (χ2v) is 8.43. The number of para-hydroxylation sites is 1. The highest BCUT2D eigenvalue weighted by molar-refractivity contribution is 7.98. The van der Waals surface area contributed by atoms with Crippen LogP contribution in [0.25, 0.3) is 10.9 Å². The Kier molecular flexibility index (Phi) is 5.38. The van der Waals surface area contributed by atoms with Gasteiger partial charge in [-0.1, -0.05) is 36.0 Å². The summed E-state index contributed by atoms with van der Waals surface area (Å²) < 4.78 is 19.4. The summed E-state index contributed by atoms with van der Waals surface area (Å²) in [6.45, 7) is 1.58. The number of hydrogen-bond acceptors (Lipinski definition) is 5. The van der Waals surface area contributed by atoms with Crippen LogP contribution in [0.5, 0.6) is 5.75 Å². The minimum Gasteiger partial charge on any atom is -0.494 e. The van der Waals surface area contributed by atoms with Crippen molar-refractivity contribution in [3.8, 4) is 5.75 Å². The first-order valence-corrected chi connectivity index (χ1v) is 11.4. The van der Waals surface area contributed by atoms with E-state index in [1.165, 1.54) is 35.9 Å². The number of aromatic nitrogens is 3. The van der Waals surface area contributed by atoms with Crippen LogP contribution < -0.4 is 4.74 Å². The van der Waals surface area contributed by atoms with Crippen LogP contribution in [-0.4, -0.2) is 39.8 Å². The van der Waals surface area contributed by atoms with Crippen molar-refractivity contribution >= 4 is 22.7 Å². The Hall–Kier alpha value is -2.90. The lowest BCUT2D eigenvalue weighted by atomic mass is 9.92. The Morgan fingerprint density at radius 1 is 1.19 bits per heavy atom. The molecule has 2 aromatic carbocycles. The topological polar surface area (TPSA) is 54.0 Å². The molecular formula is C24H23FN4OS. The zero-order chi connectivity index (χ0) is 21.4. The normalized spacial score (nSPS) is 16.4. The fraction of sp³-hybridized carbons (Fsp3) is 0.250. The average Bonchev–Trinajstić information content (AvgIpc) is 3.18. The van der Waals surface area contributed by atoms with E-state index in [9.17, 15) is 4.39 Å². The van der Waals surface area contributed by atoms with Crippen molar-refractivity contribution in [3.05, 3.63) is 83.1 Å². The smallest absolute Gasteiger partial charge is 0.187 e. The van der Waals surface area contributed by atoms with Crippen LogP contribution in [0, 0.1) is 5.82 Å². The van der Waals surface area contributed by atoms with Crippen molar-refractivity contribution in [1.29, 1.82) is 0 Å². The Morgan fingerprint density at radius 2 is 2.00 bits per heavy atom. The molecule has 0 fully saturated rings. The maximum absolute atomic E-state index is 14.2.